The van der Waals surface area contributed by atoms with Crippen molar-refractivity contribution in [2.75, 3.05) is 0 Å². The van der Waals surface area contributed by atoms with E-state index >= 15 is 0 Å². The first-order valence-electron chi connectivity index (χ1n) is 6.57. The molecule has 0 bridgehead atoms. The average molecular weight is 286 g/mol. The number of hydrogen-bond donors (Lipinski definition) is 1. The molecule has 0 atom stereocenters. The van der Waals surface area contributed by atoms with Crippen LogP contribution in [0.15, 0.2) is 24.0 Å². The maximum Gasteiger partial charge on any atom is 0.386 e. The van der Waals surface area contributed by atoms with Crippen LogP contribution in [0.4, 0.5) is 13.2 Å². The highest BCUT2D eigenvalue weighted by atomic mass is 19.4. The molecule has 0 saturated heterocycles. The number of halogens is 3. The summed E-state index contributed by atoms with van der Waals surface area (Å²) in [6, 6.07) is 0. The minimum atomic E-state index is -4.00. The maximum atomic E-state index is 10.4. The van der Waals surface area contributed by atoms with Gasteiger partial charge in [0, 0.05) is 6.92 Å². The van der Waals surface area contributed by atoms with Crippen LogP contribution in [-0.2, 0) is 0 Å². The fourth-order valence-corrected chi connectivity index (χ4v) is 0. The van der Waals surface area contributed by atoms with Gasteiger partial charge < -0.3 is 5.11 Å². The van der Waals surface area contributed by atoms with Gasteiger partial charge >= 0.3 is 6.18 Å². The smallest absolute Gasteiger partial charge is 0.386 e. The van der Waals surface area contributed by atoms with Gasteiger partial charge in [-0.15, -0.1) is 6.58 Å². The number of alkyl halides is 3. The van der Waals surface area contributed by atoms with Crippen molar-refractivity contribution in [2.45, 2.75) is 74.9 Å². The molecule has 0 aliphatic heterocycles. The van der Waals surface area contributed by atoms with Crippen LogP contribution in [0.25, 0.3) is 0 Å². The lowest BCUT2D eigenvalue weighted by Crippen LogP contribution is -1.95. The summed E-state index contributed by atoms with van der Waals surface area (Å²) in [6.45, 7) is 19.4. The van der Waals surface area contributed by atoms with Crippen LogP contribution in [0.2, 0.25) is 0 Å². The lowest BCUT2D eigenvalue weighted by atomic mass is 10.3. The molecule has 0 heterocycles. The van der Waals surface area contributed by atoms with Gasteiger partial charge in [0.1, 0.15) is 0 Å². The highest BCUT2D eigenvalue weighted by molar-refractivity contribution is 4.84. The minimum Gasteiger partial charge on any atom is -0.513 e. The summed E-state index contributed by atoms with van der Waals surface area (Å²) < 4.78 is 31.1. The average Bonchev–Trinajstić information content (AvgIpc) is 2.32. The van der Waals surface area contributed by atoms with E-state index in [1.54, 1.807) is 19.9 Å². The van der Waals surface area contributed by atoms with Crippen molar-refractivity contribution in [1.82, 2.24) is 0 Å². The quantitative estimate of drug-likeness (QED) is 0.404. The monoisotopic (exact) mass is 286 g/mol. The molecule has 0 aliphatic carbocycles. The number of rotatable bonds is 1. The van der Waals surface area contributed by atoms with E-state index in [4.69, 9.17) is 5.11 Å². The number of hydrogen-bond acceptors (Lipinski definition) is 1. The van der Waals surface area contributed by atoms with Crippen LogP contribution in [0.5, 0.6) is 0 Å². The van der Waals surface area contributed by atoms with Crippen molar-refractivity contribution in [2.24, 2.45) is 0 Å². The maximum absolute atomic E-state index is 10.4. The zero-order valence-corrected chi connectivity index (χ0v) is 14.1. The molecular weight excluding hydrogens is 253 g/mol. The Morgan fingerprint density at radius 3 is 1.21 bits per heavy atom. The molecule has 0 saturated carbocycles. The highest BCUT2D eigenvalue weighted by Crippen LogP contribution is 2.10. The Labute approximate surface area is 118 Å². The summed E-state index contributed by atoms with van der Waals surface area (Å²) in [4.78, 5) is 0. The number of aliphatic hydroxyl groups excluding tert-OH is 1. The highest BCUT2D eigenvalue weighted by Gasteiger charge is 2.15. The summed E-state index contributed by atoms with van der Waals surface area (Å²) in [7, 11) is 0. The van der Waals surface area contributed by atoms with Crippen molar-refractivity contribution in [3.8, 4) is 0 Å². The second kappa shape index (κ2) is 25.8. The number of aliphatic hydroxyl groups is 1. The first-order valence-corrected chi connectivity index (χ1v) is 6.57. The van der Waals surface area contributed by atoms with E-state index in [2.05, 4.69) is 13.5 Å². The molecule has 4 heteroatoms. The van der Waals surface area contributed by atoms with Gasteiger partial charge in [-0.1, -0.05) is 46.3 Å². The topological polar surface area (TPSA) is 20.2 Å². The molecule has 1 nitrogen and oxygen atoms in total. The van der Waals surface area contributed by atoms with Crippen LogP contribution in [-0.4, -0.2) is 11.3 Å². The first kappa shape index (κ1) is 30.8. The second-order valence-corrected chi connectivity index (χ2v) is 3.02. The molecule has 0 aliphatic rings. The number of allylic oxidation sites excluding steroid dienone is 3. The molecule has 0 radical (unpaired) electrons. The van der Waals surface area contributed by atoms with Gasteiger partial charge in [0.05, 0.1) is 5.76 Å². The molecule has 0 aromatic heterocycles. The van der Waals surface area contributed by atoms with Crippen molar-refractivity contribution >= 4 is 0 Å². The largest absolute Gasteiger partial charge is 0.513 e. The fraction of sp³-hybridized carbons (Fsp3) is 0.733. The lowest BCUT2D eigenvalue weighted by Gasteiger charge is -1.88. The van der Waals surface area contributed by atoms with E-state index in [9.17, 15) is 13.2 Å². The molecule has 0 spiro atoms. The van der Waals surface area contributed by atoms with Crippen LogP contribution in [0.3, 0.4) is 0 Å². The van der Waals surface area contributed by atoms with E-state index in [1.807, 2.05) is 34.6 Å². The lowest BCUT2D eigenvalue weighted by molar-refractivity contribution is -0.110. The van der Waals surface area contributed by atoms with Gasteiger partial charge in [0.25, 0.3) is 0 Å². The van der Waals surface area contributed by atoms with Gasteiger partial charge in [-0.3, -0.25) is 0 Å². The Morgan fingerprint density at radius 2 is 1.21 bits per heavy atom. The van der Waals surface area contributed by atoms with Crippen molar-refractivity contribution in [3.63, 3.8) is 0 Å². The van der Waals surface area contributed by atoms with E-state index in [-0.39, 0.29) is 6.92 Å². The zero-order chi connectivity index (χ0) is 17.1. The Bertz CT molecular complexity index is 172. The summed E-state index contributed by atoms with van der Waals surface area (Å²) in [5, 5.41) is 8.22. The Kier molecular flexibility index (Phi) is 41.9. The molecule has 0 rings (SSSR count). The summed E-state index contributed by atoms with van der Waals surface area (Å²) in [6.07, 6.45) is -1.25. The van der Waals surface area contributed by atoms with Crippen LogP contribution >= 0.6 is 0 Å². The first-order chi connectivity index (χ1) is 8.54. The van der Waals surface area contributed by atoms with Crippen molar-refractivity contribution in [1.29, 1.82) is 0 Å². The third-order valence-corrected chi connectivity index (χ3v) is 1.02. The second-order valence-electron chi connectivity index (χ2n) is 3.02. The van der Waals surface area contributed by atoms with E-state index < -0.39 is 6.18 Å². The minimum absolute atomic E-state index is 0.188. The van der Waals surface area contributed by atoms with E-state index in [0.717, 1.165) is 6.42 Å². The van der Waals surface area contributed by atoms with Gasteiger partial charge in [0.15, 0.2) is 0 Å². The molecular formula is C15H33F3O. The van der Waals surface area contributed by atoms with E-state index in [0.29, 0.717) is 5.76 Å². The molecule has 1 N–H and O–H groups in total. The van der Waals surface area contributed by atoms with Crippen LogP contribution in [0, 0.1) is 0 Å². The fourth-order valence-electron chi connectivity index (χ4n) is 0. The molecule has 0 aromatic carbocycles. The van der Waals surface area contributed by atoms with Crippen LogP contribution in [0.1, 0.15) is 68.7 Å². The summed E-state index contributed by atoms with van der Waals surface area (Å²) >= 11 is 0. The van der Waals surface area contributed by atoms with E-state index in [1.165, 1.54) is 5.57 Å². The predicted molar refractivity (Wildman–Crippen MR) is 81.6 cm³/mol. The van der Waals surface area contributed by atoms with Crippen molar-refractivity contribution in [3.05, 3.63) is 24.0 Å². The summed E-state index contributed by atoms with van der Waals surface area (Å²) in [5.74, 6) is 0.380. The molecule has 0 unspecified atom stereocenters. The normalized spacial score (nSPS) is 8.95. The van der Waals surface area contributed by atoms with Gasteiger partial charge in [-0.25, -0.2) is 0 Å². The third-order valence-electron chi connectivity index (χ3n) is 1.02. The van der Waals surface area contributed by atoms with Crippen LogP contribution < -0.4 is 0 Å². The Hall–Kier alpha value is -0.930. The van der Waals surface area contributed by atoms with Gasteiger partial charge in [-0.05, 0) is 27.2 Å². The SMILES string of the molecule is C/C=C(\C)O.C=C(C)CC.CC.CC.CC(F)(F)F. The Morgan fingerprint density at radius 1 is 1.11 bits per heavy atom. The standard InChI is InChI=1S/C5H10.C4H8O.C2H3F3.2C2H6/c1-4-5(2)3;1-3-4(2)5;1-2(3,4)5;2*1-2/h2,4H2,1,3H3;3,5H,1-2H3;1H3;2*1-2H3/b;4-3+;;;. The Balaban J connectivity index is -0.0000000455. The molecule has 19 heavy (non-hydrogen) atoms. The molecule has 120 valence electrons. The molecule has 0 fully saturated rings. The van der Waals surface area contributed by atoms with Gasteiger partial charge in [0.2, 0.25) is 0 Å². The third kappa shape index (κ3) is 411. The van der Waals surface area contributed by atoms with Crippen molar-refractivity contribution < 1.29 is 18.3 Å². The molecule has 0 amide bonds. The molecule has 0 aromatic rings. The van der Waals surface area contributed by atoms with Gasteiger partial charge in [-0.2, -0.15) is 13.2 Å². The summed E-state index contributed by atoms with van der Waals surface area (Å²) in [5.41, 5.74) is 1.25. The zero-order valence-electron chi connectivity index (χ0n) is 14.1. The predicted octanol–water partition coefficient (Wildman–Crippen LogP) is 7.06.